The van der Waals surface area contributed by atoms with Gasteiger partial charge in [-0.2, -0.15) is 0 Å². The second-order valence-electron chi connectivity index (χ2n) is 3.73. The van der Waals surface area contributed by atoms with E-state index >= 15 is 0 Å². The maximum Gasteiger partial charge on any atom is 0.257 e. The summed E-state index contributed by atoms with van der Waals surface area (Å²) in [5, 5.41) is 10.9. The van der Waals surface area contributed by atoms with Gasteiger partial charge in [0.1, 0.15) is 0 Å². The van der Waals surface area contributed by atoms with Crippen LogP contribution in [0.5, 0.6) is 0 Å². The molecule has 5 nitrogen and oxygen atoms in total. The quantitative estimate of drug-likeness (QED) is 0.393. The minimum atomic E-state index is -2.20. The molecule has 1 unspecified atom stereocenters. The number of hydrogen-bond acceptors (Lipinski definition) is 4. The molecule has 0 saturated carbocycles. The van der Waals surface area contributed by atoms with Gasteiger partial charge >= 0.3 is 0 Å². The Bertz CT molecular complexity index is 215. The number of carbonyl (C=O) groups excluding carboxylic acids is 1. The van der Waals surface area contributed by atoms with Gasteiger partial charge in [-0.05, 0) is 20.3 Å². The first-order valence-electron chi connectivity index (χ1n) is 5.00. The van der Waals surface area contributed by atoms with Crippen molar-refractivity contribution in [2.45, 2.75) is 33.0 Å². The van der Waals surface area contributed by atoms with E-state index in [1.54, 1.807) is 20.3 Å². The van der Waals surface area contributed by atoms with Gasteiger partial charge in [0.2, 0.25) is 0 Å². The van der Waals surface area contributed by atoms with Crippen LogP contribution in [0, 0.1) is 0 Å². The molecule has 3 N–H and O–H groups in total. The molecule has 0 aliphatic rings. The van der Waals surface area contributed by atoms with Crippen LogP contribution in [0.1, 0.15) is 27.2 Å². The lowest BCUT2D eigenvalue weighted by Crippen LogP contribution is -2.36. The Morgan fingerprint density at radius 2 is 1.80 bits per heavy atom. The fraction of sp³-hybridized carbons (Fsp3) is 0.889. The summed E-state index contributed by atoms with van der Waals surface area (Å²) in [5.41, 5.74) is 1.48. The van der Waals surface area contributed by atoms with Crippen LogP contribution in [-0.2, 0) is 9.36 Å². The van der Waals surface area contributed by atoms with E-state index in [0.29, 0.717) is 0 Å². The van der Waals surface area contributed by atoms with E-state index in [-0.39, 0.29) is 12.3 Å². The molecule has 1 atom stereocenters. The first-order chi connectivity index (χ1) is 6.79. The molecule has 0 heterocycles. The van der Waals surface area contributed by atoms with Gasteiger partial charge in [0.05, 0.1) is 19.5 Å². The first kappa shape index (κ1) is 17.0. The van der Waals surface area contributed by atoms with Crippen molar-refractivity contribution >= 4 is 13.0 Å². The molecular formula is C9H23N2O3P. The average Bonchev–Trinajstić information content (AvgIpc) is 2.13. The molecule has 15 heavy (non-hydrogen) atoms. The van der Waals surface area contributed by atoms with Crippen LogP contribution >= 0.6 is 7.14 Å². The van der Waals surface area contributed by atoms with Crippen LogP contribution in [0.25, 0.3) is 0 Å². The lowest BCUT2D eigenvalue weighted by atomic mass is 10.6. The van der Waals surface area contributed by atoms with Crippen molar-refractivity contribution < 1.29 is 14.6 Å². The third kappa shape index (κ3) is 11.5. The van der Waals surface area contributed by atoms with Crippen molar-refractivity contribution in [3.8, 4) is 0 Å². The summed E-state index contributed by atoms with van der Waals surface area (Å²) in [5.74, 6) is -0.745. The zero-order valence-electron chi connectivity index (χ0n) is 10.2. The highest BCUT2D eigenvalue weighted by Gasteiger charge is 2.17. The van der Waals surface area contributed by atoms with Crippen LogP contribution in [0.3, 0.4) is 0 Å². The van der Waals surface area contributed by atoms with Gasteiger partial charge in [-0.25, -0.2) is 5.48 Å². The second-order valence-corrected chi connectivity index (χ2v) is 7.38. The largest absolute Gasteiger partial charge is 0.323 e. The maximum atomic E-state index is 11.4. The third-order valence-electron chi connectivity index (χ3n) is 1.62. The minimum Gasteiger partial charge on any atom is -0.323 e. The Balaban J connectivity index is 0. The van der Waals surface area contributed by atoms with Gasteiger partial charge < -0.3 is 4.57 Å². The van der Waals surface area contributed by atoms with Crippen LogP contribution in [-0.4, -0.2) is 36.8 Å². The van der Waals surface area contributed by atoms with Gasteiger partial charge in [-0.1, -0.05) is 20.3 Å². The molecule has 0 radical (unpaired) electrons. The molecule has 92 valence electrons. The van der Waals surface area contributed by atoms with E-state index in [1.165, 1.54) is 11.9 Å². The zero-order chi connectivity index (χ0) is 12.5. The van der Waals surface area contributed by atoms with Crippen molar-refractivity contribution in [1.29, 1.82) is 0 Å². The third-order valence-corrected chi connectivity index (χ3v) is 3.66. The van der Waals surface area contributed by atoms with Crippen LogP contribution < -0.4 is 10.8 Å². The van der Waals surface area contributed by atoms with Gasteiger partial charge in [0.15, 0.2) is 0 Å². The predicted molar refractivity (Wildman–Crippen MR) is 62.8 cm³/mol. The normalized spacial score (nSPS) is 12.4. The molecule has 0 aromatic rings. The fourth-order valence-corrected chi connectivity index (χ4v) is 1.03. The fourth-order valence-electron chi connectivity index (χ4n) is 0.500. The molecule has 0 aromatic carbocycles. The van der Waals surface area contributed by atoms with E-state index in [2.05, 4.69) is 19.2 Å². The first-order valence-corrected chi connectivity index (χ1v) is 7.67. The van der Waals surface area contributed by atoms with Gasteiger partial charge in [0, 0.05) is 0 Å². The summed E-state index contributed by atoms with van der Waals surface area (Å²) < 4.78 is 11.4. The van der Waals surface area contributed by atoms with Crippen LogP contribution in [0.4, 0.5) is 0 Å². The molecular weight excluding hydrogens is 215 g/mol. The molecule has 0 aliphatic heterocycles. The Morgan fingerprint density at radius 3 is 2.07 bits per heavy atom. The molecule has 0 saturated heterocycles. The molecule has 0 spiro atoms. The van der Waals surface area contributed by atoms with Crippen molar-refractivity contribution in [1.82, 2.24) is 10.8 Å². The Morgan fingerprint density at radius 1 is 1.40 bits per heavy atom. The summed E-state index contributed by atoms with van der Waals surface area (Å²) in [6.45, 7) is 9.25. The molecule has 0 rings (SSSR count). The van der Waals surface area contributed by atoms with Crippen LogP contribution in [0.2, 0.25) is 0 Å². The van der Waals surface area contributed by atoms with E-state index < -0.39 is 13.0 Å². The van der Waals surface area contributed by atoms with Crippen molar-refractivity contribution in [2.75, 3.05) is 19.9 Å². The maximum absolute atomic E-state index is 11.4. The van der Waals surface area contributed by atoms with Crippen LogP contribution in [0.15, 0.2) is 0 Å². The van der Waals surface area contributed by atoms with Gasteiger partial charge in [0.25, 0.3) is 5.91 Å². The smallest absolute Gasteiger partial charge is 0.257 e. The molecule has 0 aliphatic carbocycles. The van der Waals surface area contributed by atoms with E-state index in [9.17, 15) is 9.36 Å². The Hall–Kier alpha value is -0.380. The van der Waals surface area contributed by atoms with Gasteiger partial charge in [-0.3, -0.25) is 15.3 Å². The summed E-state index contributed by atoms with van der Waals surface area (Å²) in [4.78, 5) is 10.5. The summed E-state index contributed by atoms with van der Waals surface area (Å²) in [7, 11) is -2.20. The van der Waals surface area contributed by atoms with E-state index in [1.807, 2.05) is 0 Å². The van der Waals surface area contributed by atoms with E-state index in [4.69, 9.17) is 5.21 Å². The number of rotatable bonds is 4. The van der Waals surface area contributed by atoms with Gasteiger partial charge in [-0.15, -0.1) is 0 Å². The number of hydrogen-bond donors (Lipinski definition) is 3. The highest BCUT2D eigenvalue weighted by atomic mass is 31.2. The lowest BCUT2D eigenvalue weighted by Gasteiger charge is -2.17. The number of nitrogens with one attached hydrogen (secondary N) is 2. The zero-order valence-corrected chi connectivity index (χ0v) is 11.1. The Kier molecular flexibility index (Phi) is 10.1. The minimum absolute atomic E-state index is 0.0245. The molecule has 1 amide bonds. The second kappa shape index (κ2) is 8.89. The summed E-state index contributed by atoms with van der Waals surface area (Å²) in [6.07, 6.45) is 1.25. The lowest BCUT2D eigenvalue weighted by molar-refractivity contribution is -0.128. The monoisotopic (exact) mass is 238 g/mol. The highest BCUT2D eigenvalue weighted by Crippen LogP contribution is 2.40. The number of amides is 1. The standard InChI is InChI=1S/C6H15N2O3P.C3H8/c1-5(12(2,3)11)7-4-6(9)8-10;1-3-2/h5,7,10H,4H2,1-3H3,(H,8,9);3H2,1-2H3. The highest BCUT2D eigenvalue weighted by molar-refractivity contribution is 7.63. The van der Waals surface area contributed by atoms with Crippen molar-refractivity contribution in [3.63, 3.8) is 0 Å². The number of hydroxylamine groups is 1. The SMILES string of the molecule is CC(NCC(=O)NO)P(C)(C)=O.CCC. The van der Waals surface area contributed by atoms with E-state index in [0.717, 1.165) is 0 Å². The average molecular weight is 238 g/mol. The molecule has 0 fully saturated rings. The van der Waals surface area contributed by atoms with Crippen molar-refractivity contribution in [2.24, 2.45) is 0 Å². The molecule has 6 heteroatoms. The Labute approximate surface area is 92.0 Å². The topological polar surface area (TPSA) is 78.4 Å². The summed E-state index contributed by atoms with van der Waals surface area (Å²) in [6, 6.07) is 0. The predicted octanol–water partition coefficient (Wildman–Crippen LogP) is 1.47. The molecule has 0 bridgehead atoms. The number of carbonyl (C=O) groups is 1. The summed E-state index contributed by atoms with van der Waals surface area (Å²) >= 11 is 0. The molecule has 0 aromatic heterocycles. The van der Waals surface area contributed by atoms with Crippen molar-refractivity contribution in [3.05, 3.63) is 0 Å².